The Morgan fingerprint density at radius 1 is 1.00 bits per heavy atom. The summed E-state index contributed by atoms with van der Waals surface area (Å²) < 4.78 is 29.1. The van der Waals surface area contributed by atoms with E-state index >= 15 is 0 Å². The fourth-order valence-electron chi connectivity index (χ4n) is 4.39. The number of carbonyl (C=O) groups is 1. The third kappa shape index (κ3) is 4.70. The molecule has 1 aromatic heterocycles. The maximum atomic E-state index is 12.9. The Labute approximate surface area is 172 Å². The molecule has 0 bridgehead atoms. The molecule has 0 N–H and O–H groups in total. The van der Waals surface area contributed by atoms with E-state index in [1.807, 2.05) is 47.8 Å². The third-order valence-electron chi connectivity index (χ3n) is 6.11. The van der Waals surface area contributed by atoms with Gasteiger partial charge in [0.1, 0.15) is 0 Å². The van der Waals surface area contributed by atoms with Crippen molar-refractivity contribution >= 4 is 15.9 Å². The van der Waals surface area contributed by atoms with Gasteiger partial charge in [-0.15, -0.1) is 0 Å². The topological polar surface area (TPSA) is 75.5 Å². The molecule has 2 saturated heterocycles. The van der Waals surface area contributed by atoms with E-state index in [-0.39, 0.29) is 17.6 Å². The maximum absolute atomic E-state index is 12.9. The number of rotatable bonds is 5. The van der Waals surface area contributed by atoms with E-state index < -0.39 is 10.0 Å². The first-order valence-electron chi connectivity index (χ1n) is 10.3. The molecule has 0 spiro atoms. The van der Waals surface area contributed by atoms with Gasteiger partial charge in [0.25, 0.3) is 0 Å². The van der Waals surface area contributed by atoms with Crippen molar-refractivity contribution in [3.05, 3.63) is 54.6 Å². The number of hydrogen-bond donors (Lipinski definition) is 0. The zero-order chi connectivity index (χ0) is 20.3. The smallest absolute Gasteiger partial charge is 0.225 e. The molecule has 1 amide bonds. The van der Waals surface area contributed by atoms with Crippen LogP contribution in [0, 0.1) is 5.92 Å². The van der Waals surface area contributed by atoms with Gasteiger partial charge in [-0.25, -0.2) is 17.7 Å². The Morgan fingerprint density at radius 2 is 1.69 bits per heavy atom. The highest BCUT2D eigenvalue weighted by Gasteiger charge is 2.34. The average Bonchev–Trinajstić information content (AvgIpc) is 3.29. The number of imidazole rings is 1. The lowest BCUT2D eigenvalue weighted by atomic mass is 9.95. The van der Waals surface area contributed by atoms with Crippen LogP contribution in [0.25, 0.3) is 0 Å². The van der Waals surface area contributed by atoms with Crippen molar-refractivity contribution in [3.63, 3.8) is 0 Å². The highest BCUT2D eigenvalue weighted by Crippen LogP contribution is 2.27. The van der Waals surface area contributed by atoms with Gasteiger partial charge in [-0.05, 0) is 31.2 Å². The normalized spacial score (nSPS) is 20.1. The fourth-order valence-corrected chi connectivity index (χ4v) is 5.95. The highest BCUT2D eigenvalue weighted by molar-refractivity contribution is 7.88. The number of sulfonamides is 1. The largest absolute Gasteiger partial charge is 0.342 e. The van der Waals surface area contributed by atoms with Crippen LogP contribution in [0.4, 0.5) is 0 Å². The molecule has 1 aromatic carbocycles. The highest BCUT2D eigenvalue weighted by atomic mass is 32.2. The molecule has 0 aliphatic carbocycles. The monoisotopic (exact) mass is 416 g/mol. The summed E-state index contributed by atoms with van der Waals surface area (Å²) in [6.45, 7) is 2.37. The Balaban J connectivity index is 1.27. The van der Waals surface area contributed by atoms with Gasteiger partial charge in [-0.2, -0.15) is 0 Å². The summed E-state index contributed by atoms with van der Waals surface area (Å²) in [6.07, 6.45) is 8.69. The van der Waals surface area contributed by atoms with Crippen LogP contribution in [-0.2, 0) is 20.6 Å². The first-order valence-corrected chi connectivity index (χ1v) is 11.9. The number of likely N-dealkylation sites (tertiary alicyclic amines) is 1. The fraction of sp³-hybridized carbons (Fsp3) is 0.524. The molecule has 0 saturated carbocycles. The molecule has 7 nitrogen and oxygen atoms in total. The second kappa shape index (κ2) is 8.67. The van der Waals surface area contributed by atoms with Gasteiger partial charge in [0.2, 0.25) is 15.9 Å². The zero-order valence-electron chi connectivity index (χ0n) is 16.6. The average molecular weight is 417 g/mol. The molecular formula is C21H28N4O3S. The first-order chi connectivity index (χ1) is 14.0. The van der Waals surface area contributed by atoms with Gasteiger partial charge >= 0.3 is 0 Å². The Bertz CT molecular complexity index is 899. The van der Waals surface area contributed by atoms with Crippen molar-refractivity contribution in [2.24, 2.45) is 5.92 Å². The number of piperidine rings is 2. The zero-order valence-corrected chi connectivity index (χ0v) is 17.4. The lowest BCUT2D eigenvalue weighted by Gasteiger charge is -2.37. The van der Waals surface area contributed by atoms with Crippen LogP contribution in [-0.4, -0.2) is 59.3 Å². The lowest BCUT2D eigenvalue weighted by molar-refractivity contribution is -0.138. The van der Waals surface area contributed by atoms with Crippen LogP contribution in [0.15, 0.2) is 49.1 Å². The Morgan fingerprint density at radius 3 is 2.31 bits per heavy atom. The quantitative estimate of drug-likeness (QED) is 0.749. The molecule has 8 heteroatoms. The summed E-state index contributed by atoms with van der Waals surface area (Å²) in [7, 11) is -3.34. The van der Waals surface area contributed by atoms with Crippen molar-refractivity contribution in [2.45, 2.75) is 37.5 Å². The Hall–Kier alpha value is -2.19. The number of aromatic nitrogens is 2. The van der Waals surface area contributed by atoms with Crippen molar-refractivity contribution < 1.29 is 13.2 Å². The van der Waals surface area contributed by atoms with Gasteiger partial charge in [-0.3, -0.25) is 4.79 Å². The second-order valence-electron chi connectivity index (χ2n) is 7.98. The molecule has 2 aromatic rings. The van der Waals surface area contributed by atoms with E-state index in [2.05, 4.69) is 9.55 Å². The second-order valence-corrected chi connectivity index (χ2v) is 9.95. The third-order valence-corrected chi connectivity index (χ3v) is 7.96. The molecule has 29 heavy (non-hydrogen) atoms. The SMILES string of the molecule is O=C(C1CCN(S(=O)(=O)Cc2ccccc2)CC1)N1CCC(n2ccnc2)CC1. The molecule has 0 radical (unpaired) electrons. The van der Waals surface area contributed by atoms with Crippen LogP contribution in [0.3, 0.4) is 0 Å². The van der Waals surface area contributed by atoms with Crippen molar-refractivity contribution in [2.75, 3.05) is 26.2 Å². The molecule has 3 heterocycles. The molecule has 2 aliphatic rings. The predicted molar refractivity (Wildman–Crippen MR) is 110 cm³/mol. The first kappa shape index (κ1) is 20.1. The summed E-state index contributed by atoms with van der Waals surface area (Å²) in [6, 6.07) is 9.66. The van der Waals surface area contributed by atoms with Gasteiger partial charge in [0.05, 0.1) is 12.1 Å². The summed E-state index contributed by atoms with van der Waals surface area (Å²) in [5, 5.41) is 0. The van der Waals surface area contributed by atoms with E-state index in [0.29, 0.717) is 32.0 Å². The van der Waals surface area contributed by atoms with E-state index in [4.69, 9.17) is 0 Å². The minimum absolute atomic E-state index is 0.0220. The molecule has 4 rings (SSSR count). The predicted octanol–water partition coefficient (Wildman–Crippen LogP) is 2.29. The van der Waals surface area contributed by atoms with E-state index in [1.165, 1.54) is 0 Å². The number of hydrogen-bond acceptors (Lipinski definition) is 4. The van der Waals surface area contributed by atoms with Crippen LogP contribution in [0.5, 0.6) is 0 Å². The van der Waals surface area contributed by atoms with Crippen molar-refractivity contribution in [3.8, 4) is 0 Å². The van der Waals surface area contributed by atoms with Crippen LogP contribution < -0.4 is 0 Å². The van der Waals surface area contributed by atoms with Gasteiger partial charge in [0, 0.05) is 50.5 Å². The van der Waals surface area contributed by atoms with Crippen molar-refractivity contribution in [1.82, 2.24) is 18.8 Å². The summed E-state index contributed by atoms with van der Waals surface area (Å²) in [4.78, 5) is 19.0. The standard InChI is InChI=1S/C21H28N4O3S/c26-21(23-11-8-20(9-12-23)24-15-10-22-17-24)19-6-13-25(14-7-19)29(27,28)16-18-4-2-1-3-5-18/h1-5,10,15,17,19-20H,6-9,11-14,16H2. The number of carbonyl (C=O) groups excluding carboxylic acids is 1. The molecule has 156 valence electrons. The van der Waals surface area contributed by atoms with Crippen molar-refractivity contribution in [1.29, 1.82) is 0 Å². The summed E-state index contributed by atoms with van der Waals surface area (Å²) in [5.41, 5.74) is 0.798. The van der Waals surface area contributed by atoms with Gasteiger partial charge in [-0.1, -0.05) is 30.3 Å². The summed E-state index contributed by atoms with van der Waals surface area (Å²) in [5.74, 6) is 0.144. The van der Waals surface area contributed by atoms with Gasteiger partial charge < -0.3 is 9.47 Å². The summed E-state index contributed by atoms with van der Waals surface area (Å²) >= 11 is 0. The molecular weight excluding hydrogens is 388 g/mol. The van der Waals surface area contributed by atoms with Crippen LogP contribution >= 0.6 is 0 Å². The van der Waals surface area contributed by atoms with E-state index in [0.717, 1.165) is 31.5 Å². The number of benzene rings is 1. The Kier molecular flexibility index (Phi) is 6.01. The lowest BCUT2D eigenvalue weighted by Crippen LogP contribution is -2.46. The van der Waals surface area contributed by atoms with E-state index in [9.17, 15) is 13.2 Å². The number of amides is 1. The number of nitrogens with zero attached hydrogens (tertiary/aromatic N) is 4. The minimum atomic E-state index is -3.34. The minimum Gasteiger partial charge on any atom is -0.342 e. The van der Waals surface area contributed by atoms with Gasteiger partial charge in [0.15, 0.2) is 0 Å². The van der Waals surface area contributed by atoms with Crippen LogP contribution in [0.2, 0.25) is 0 Å². The molecule has 2 aliphatic heterocycles. The van der Waals surface area contributed by atoms with Crippen LogP contribution in [0.1, 0.15) is 37.3 Å². The molecule has 0 atom stereocenters. The molecule has 2 fully saturated rings. The maximum Gasteiger partial charge on any atom is 0.225 e. The molecule has 0 unspecified atom stereocenters. The van der Waals surface area contributed by atoms with E-state index in [1.54, 1.807) is 10.5 Å².